The Kier molecular flexibility index (Phi) is 9.48. The van der Waals surface area contributed by atoms with E-state index >= 15 is 0 Å². The van der Waals surface area contributed by atoms with E-state index < -0.39 is 25.8 Å². The van der Waals surface area contributed by atoms with Gasteiger partial charge in [0, 0.05) is 30.6 Å². The third kappa shape index (κ3) is 7.04. The first-order valence-electron chi connectivity index (χ1n) is 10.6. The number of cyclic esters (lactones) is 1. The Hall–Kier alpha value is -2.39. The zero-order chi connectivity index (χ0) is 24.8. The number of nitrogens with one attached hydrogen (secondary N) is 1. The van der Waals surface area contributed by atoms with Gasteiger partial charge in [-0.15, -0.1) is 0 Å². The third-order valence-electron chi connectivity index (χ3n) is 5.18. The molecule has 0 saturated heterocycles. The van der Waals surface area contributed by atoms with Crippen LogP contribution < -0.4 is 10.1 Å². The highest BCUT2D eigenvalue weighted by molar-refractivity contribution is 7.52. The molecule has 1 aromatic rings. The van der Waals surface area contributed by atoms with Crippen LogP contribution in [0.3, 0.4) is 0 Å². The monoisotopic (exact) mass is 485 g/mol. The van der Waals surface area contributed by atoms with Crippen LogP contribution in [0.2, 0.25) is 0 Å². The molecule has 0 radical (unpaired) electrons. The lowest BCUT2D eigenvalue weighted by atomic mass is 9.95. The first-order chi connectivity index (χ1) is 15.5. The molecule has 1 aliphatic heterocycles. The third-order valence-corrected chi connectivity index (χ3v) is 6.59. The molecule has 2 rings (SSSR count). The maximum atomic E-state index is 12.1. The van der Waals surface area contributed by atoms with Crippen LogP contribution in [0.15, 0.2) is 11.6 Å². The molecule has 0 aromatic heterocycles. The number of aromatic hydroxyl groups is 1. The van der Waals surface area contributed by atoms with E-state index in [0.717, 1.165) is 11.1 Å². The number of hydrogen-bond donors (Lipinski definition) is 3. The standard InChI is InChI=1S/C22H32NO9P/c1-6-18(24)31-15(4)32-33(27,28)10-9-23-11-13(2)7-8-16-20(25)19-17(12-30-22(19)26)14(3)21(16)29-5/h7,15,23,25H,6,8-12H2,1-5H3,(H,27,28)/b13-7+/t15-/m0/s1. The van der Waals surface area contributed by atoms with E-state index in [0.29, 0.717) is 29.8 Å². The van der Waals surface area contributed by atoms with E-state index in [2.05, 4.69) is 5.32 Å². The van der Waals surface area contributed by atoms with Gasteiger partial charge in [0.2, 0.25) is 6.29 Å². The largest absolute Gasteiger partial charge is 0.507 e. The van der Waals surface area contributed by atoms with Gasteiger partial charge < -0.3 is 29.5 Å². The quantitative estimate of drug-likeness (QED) is 0.133. The molecule has 0 saturated carbocycles. The minimum absolute atomic E-state index is 0.112. The van der Waals surface area contributed by atoms with Crippen LogP contribution in [0, 0.1) is 6.92 Å². The number of methoxy groups -OCH3 is 1. The van der Waals surface area contributed by atoms with E-state index in [1.165, 1.54) is 14.0 Å². The van der Waals surface area contributed by atoms with Crippen LogP contribution >= 0.6 is 7.60 Å². The average Bonchev–Trinajstić information content (AvgIpc) is 3.14. The van der Waals surface area contributed by atoms with Gasteiger partial charge >= 0.3 is 19.5 Å². The molecule has 1 aliphatic rings. The molecular weight excluding hydrogens is 453 g/mol. The second kappa shape index (κ2) is 11.7. The van der Waals surface area contributed by atoms with Gasteiger partial charge in [0.05, 0.1) is 13.3 Å². The smallest absolute Gasteiger partial charge is 0.342 e. The highest BCUT2D eigenvalue weighted by atomic mass is 31.2. The predicted molar refractivity (Wildman–Crippen MR) is 120 cm³/mol. The number of fused-ring (bicyclic) bond motifs is 1. The fourth-order valence-electron chi connectivity index (χ4n) is 3.46. The Morgan fingerprint density at radius 3 is 2.73 bits per heavy atom. The summed E-state index contributed by atoms with van der Waals surface area (Å²) in [5.41, 5.74) is 2.99. The molecule has 0 aliphatic carbocycles. The first-order valence-corrected chi connectivity index (χ1v) is 12.4. The predicted octanol–water partition coefficient (Wildman–Crippen LogP) is 2.96. The van der Waals surface area contributed by atoms with Gasteiger partial charge in [-0.3, -0.25) is 13.9 Å². The molecule has 0 amide bonds. The van der Waals surface area contributed by atoms with Crippen LogP contribution in [0.5, 0.6) is 11.5 Å². The number of rotatable bonds is 12. The van der Waals surface area contributed by atoms with Crippen molar-refractivity contribution in [2.45, 2.75) is 53.4 Å². The van der Waals surface area contributed by atoms with Crippen molar-refractivity contribution in [3.8, 4) is 11.5 Å². The van der Waals surface area contributed by atoms with E-state index in [9.17, 15) is 24.2 Å². The minimum Gasteiger partial charge on any atom is -0.507 e. The van der Waals surface area contributed by atoms with Gasteiger partial charge in [0.25, 0.3) is 0 Å². The van der Waals surface area contributed by atoms with E-state index in [1.807, 2.05) is 19.9 Å². The van der Waals surface area contributed by atoms with E-state index in [-0.39, 0.29) is 37.0 Å². The van der Waals surface area contributed by atoms with Gasteiger partial charge in [-0.05, 0) is 32.8 Å². The van der Waals surface area contributed by atoms with Crippen molar-refractivity contribution in [3.05, 3.63) is 33.9 Å². The van der Waals surface area contributed by atoms with Crippen LogP contribution in [0.25, 0.3) is 0 Å². The molecule has 1 aromatic carbocycles. The van der Waals surface area contributed by atoms with Gasteiger partial charge in [-0.1, -0.05) is 18.6 Å². The number of allylic oxidation sites excluding steroid dienone is 1. The Bertz CT molecular complexity index is 973. The number of phenolic OH excluding ortho intramolecular Hbond substituents is 1. The molecule has 1 unspecified atom stereocenters. The summed E-state index contributed by atoms with van der Waals surface area (Å²) in [5, 5.41) is 13.7. The van der Waals surface area contributed by atoms with Crippen LogP contribution in [-0.2, 0) is 36.4 Å². The Labute approximate surface area is 193 Å². The summed E-state index contributed by atoms with van der Waals surface area (Å²) in [6, 6.07) is 0. The maximum absolute atomic E-state index is 12.1. The Morgan fingerprint density at radius 2 is 2.09 bits per heavy atom. The second-order valence-corrected chi connectivity index (χ2v) is 9.66. The van der Waals surface area contributed by atoms with Gasteiger partial charge in [-0.2, -0.15) is 0 Å². The van der Waals surface area contributed by atoms with Crippen molar-refractivity contribution < 1.29 is 42.9 Å². The zero-order valence-corrected chi connectivity index (χ0v) is 20.5. The van der Waals surface area contributed by atoms with E-state index in [4.69, 9.17) is 18.7 Å². The molecule has 2 atom stereocenters. The summed E-state index contributed by atoms with van der Waals surface area (Å²) in [6.07, 6.45) is 1.08. The van der Waals surface area contributed by atoms with Crippen LogP contribution in [0.4, 0.5) is 0 Å². The normalized spacial score (nSPS) is 16.1. The summed E-state index contributed by atoms with van der Waals surface area (Å²) < 4.78 is 32.4. The Morgan fingerprint density at radius 1 is 1.39 bits per heavy atom. The van der Waals surface area contributed by atoms with Crippen molar-refractivity contribution in [1.29, 1.82) is 0 Å². The summed E-state index contributed by atoms with van der Waals surface area (Å²) >= 11 is 0. The summed E-state index contributed by atoms with van der Waals surface area (Å²) in [6.45, 7) is 7.43. The lowest BCUT2D eigenvalue weighted by Gasteiger charge is -2.18. The summed E-state index contributed by atoms with van der Waals surface area (Å²) in [7, 11) is -2.42. The van der Waals surface area contributed by atoms with Crippen molar-refractivity contribution in [2.24, 2.45) is 0 Å². The number of esters is 2. The van der Waals surface area contributed by atoms with Crippen molar-refractivity contribution in [3.63, 3.8) is 0 Å². The number of carbonyl (C=O) groups excluding carboxylic acids is 2. The summed E-state index contributed by atoms with van der Waals surface area (Å²) in [4.78, 5) is 33.1. The van der Waals surface area contributed by atoms with Crippen molar-refractivity contribution >= 4 is 19.5 Å². The van der Waals surface area contributed by atoms with Crippen molar-refractivity contribution in [1.82, 2.24) is 5.32 Å². The molecule has 11 heteroatoms. The number of benzene rings is 1. The maximum Gasteiger partial charge on any atom is 0.342 e. The fraction of sp³-hybridized carbons (Fsp3) is 0.545. The summed E-state index contributed by atoms with van der Waals surface area (Å²) in [5.74, 6) is -0.688. The zero-order valence-electron chi connectivity index (χ0n) is 19.6. The molecule has 0 bridgehead atoms. The average molecular weight is 485 g/mol. The molecule has 3 N–H and O–H groups in total. The number of carbonyl (C=O) groups is 2. The number of ether oxygens (including phenoxy) is 3. The first kappa shape index (κ1) is 26.9. The fourth-order valence-corrected chi connectivity index (χ4v) is 4.51. The lowest BCUT2D eigenvalue weighted by molar-refractivity contribution is -0.161. The topological polar surface area (TPSA) is 141 Å². The second-order valence-electron chi connectivity index (χ2n) is 7.72. The molecule has 0 spiro atoms. The number of phenols is 1. The molecule has 33 heavy (non-hydrogen) atoms. The molecule has 0 fully saturated rings. The van der Waals surface area contributed by atoms with Crippen LogP contribution in [-0.4, -0.2) is 54.6 Å². The SMILES string of the molecule is CCC(=O)O[C@H](C)OP(=O)(O)CCNC/C(C)=C/Cc1c(O)c2c(c(C)c1OC)COC2=O. The molecule has 1 heterocycles. The molecule has 184 valence electrons. The van der Waals surface area contributed by atoms with Gasteiger partial charge in [0.1, 0.15) is 23.7 Å². The Balaban J connectivity index is 1.92. The van der Waals surface area contributed by atoms with Gasteiger partial charge in [0.15, 0.2) is 0 Å². The van der Waals surface area contributed by atoms with Crippen LogP contribution in [0.1, 0.15) is 54.2 Å². The van der Waals surface area contributed by atoms with Crippen molar-refractivity contribution in [2.75, 3.05) is 26.4 Å². The van der Waals surface area contributed by atoms with Gasteiger partial charge in [-0.25, -0.2) is 4.79 Å². The van der Waals surface area contributed by atoms with E-state index in [1.54, 1.807) is 6.92 Å². The number of hydrogen-bond acceptors (Lipinski definition) is 9. The highest BCUT2D eigenvalue weighted by Crippen LogP contribution is 2.43. The minimum atomic E-state index is -3.93. The molecule has 10 nitrogen and oxygen atoms in total. The lowest BCUT2D eigenvalue weighted by Crippen LogP contribution is -2.23. The highest BCUT2D eigenvalue weighted by Gasteiger charge is 2.31. The molecular formula is C22H32NO9P.